The second kappa shape index (κ2) is 9.74. The summed E-state index contributed by atoms with van der Waals surface area (Å²) in [5.74, 6) is -0.209. The van der Waals surface area contributed by atoms with Crippen LogP contribution in [-0.4, -0.2) is 54.2 Å². The zero-order chi connectivity index (χ0) is 23.4. The summed E-state index contributed by atoms with van der Waals surface area (Å²) in [4.78, 5) is 39.1. The van der Waals surface area contributed by atoms with Gasteiger partial charge in [-0.05, 0) is 24.3 Å². The molecule has 1 aromatic heterocycles. The topological polar surface area (TPSA) is 102 Å². The number of imide groups is 1. The second-order valence-corrected chi connectivity index (χ2v) is 7.73. The fraction of sp³-hybridized carbons (Fsp3) is 0.292. The minimum atomic E-state index is -0.919. The number of hydrogen-bond donors (Lipinski definition) is 2. The van der Waals surface area contributed by atoms with Gasteiger partial charge in [-0.1, -0.05) is 24.3 Å². The third-order valence-electron chi connectivity index (χ3n) is 5.64. The molecule has 1 aliphatic rings. The number of amides is 4. The first-order valence-electron chi connectivity index (χ1n) is 10.6. The van der Waals surface area contributed by atoms with Crippen LogP contribution in [0.3, 0.4) is 0 Å². The molecule has 1 fully saturated rings. The number of carbonyl (C=O) groups excluding carboxylic acids is 3. The standard InChI is InChI=1S/C24H26N4O5/c1-32-13-12-27-11-10-17-18(7-5-8-20(17)27)25-22(29)14-19-23(30)28(24(31)26-19)15-16-6-3-4-9-21(16)33-2/h3-11,19H,12-15H2,1-2H3,(H,25,29)(H,26,31). The van der Waals surface area contributed by atoms with E-state index in [1.54, 1.807) is 19.2 Å². The van der Waals surface area contributed by atoms with Crippen LogP contribution in [0.25, 0.3) is 10.9 Å². The minimum Gasteiger partial charge on any atom is -0.496 e. The molecular weight excluding hydrogens is 424 g/mol. The Kier molecular flexibility index (Phi) is 6.60. The summed E-state index contributed by atoms with van der Waals surface area (Å²) in [6, 6.07) is 13.3. The van der Waals surface area contributed by atoms with Crippen molar-refractivity contribution >= 4 is 34.4 Å². The monoisotopic (exact) mass is 450 g/mol. The van der Waals surface area contributed by atoms with E-state index in [9.17, 15) is 14.4 Å². The molecule has 1 atom stereocenters. The van der Waals surface area contributed by atoms with Crippen molar-refractivity contribution in [2.45, 2.75) is 25.6 Å². The van der Waals surface area contributed by atoms with Crippen molar-refractivity contribution in [2.75, 3.05) is 26.1 Å². The van der Waals surface area contributed by atoms with Crippen LogP contribution in [0, 0.1) is 0 Å². The first-order chi connectivity index (χ1) is 16.0. The molecule has 0 saturated carbocycles. The fourth-order valence-corrected chi connectivity index (χ4v) is 3.97. The Bertz CT molecular complexity index is 1190. The minimum absolute atomic E-state index is 0.0705. The summed E-state index contributed by atoms with van der Waals surface area (Å²) in [7, 11) is 3.18. The van der Waals surface area contributed by atoms with E-state index in [1.807, 2.05) is 47.2 Å². The number of methoxy groups -OCH3 is 2. The summed E-state index contributed by atoms with van der Waals surface area (Å²) >= 11 is 0. The number of rotatable bonds is 9. The number of anilines is 1. The maximum absolute atomic E-state index is 12.8. The van der Waals surface area contributed by atoms with E-state index < -0.39 is 18.0 Å². The normalized spacial score (nSPS) is 15.7. The molecule has 0 aliphatic carbocycles. The second-order valence-electron chi connectivity index (χ2n) is 7.73. The molecule has 172 valence electrons. The first kappa shape index (κ1) is 22.3. The molecular formula is C24H26N4O5. The maximum atomic E-state index is 12.8. The van der Waals surface area contributed by atoms with Crippen LogP contribution in [0.15, 0.2) is 54.7 Å². The van der Waals surface area contributed by atoms with E-state index in [-0.39, 0.29) is 18.9 Å². The van der Waals surface area contributed by atoms with Crippen LogP contribution in [0.5, 0.6) is 5.75 Å². The van der Waals surface area contributed by atoms with Gasteiger partial charge in [0, 0.05) is 30.8 Å². The summed E-state index contributed by atoms with van der Waals surface area (Å²) in [6.07, 6.45) is 1.78. The third-order valence-corrected chi connectivity index (χ3v) is 5.64. The molecule has 1 saturated heterocycles. The van der Waals surface area contributed by atoms with E-state index in [1.165, 1.54) is 7.11 Å². The molecule has 2 aromatic carbocycles. The highest BCUT2D eigenvalue weighted by Gasteiger charge is 2.39. The fourth-order valence-electron chi connectivity index (χ4n) is 3.97. The number of nitrogens with zero attached hydrogens (tertiary/aromatic N) is 2. The first-order valence-corrected chi connectivity index (χ1v) is 10.6. The maximum Gasteiger partial charge on any atom is 0.325 e. The third kappa shape index (κ3) is 4.68. The van der Waals surface area contributed by atoms with Gasteiger partial charge in [-0.2, -0.15) is 0 Å². The predicted molar refractivity (Wildman–Crippen MR) is 123 cm³/mol. The average Bonchev–Trinajstić information content (AvgIpc) is 3.34. The number of ether oxygens (including phenoxy) is 2. The zero-order valence-corrected chi connectivity index (χ0v) is 18.5. The molecule has 4 rings (SSSR count). The van der Waals surface area contributed by atoms with E-state index in [4.69, 9.17) is 9.47 Å². The SMILES string of the molecule is COCCn1ccc2c(NC(=O)CC3NC(=O)N(Cc4ccccc4OC)C3=O)cccc21. The number of benzene rings is 2. The zero-order valence-electron chi connectivity index (χ0n) is 18.5. The van der Waals surface area contributed by atoms with Crippen molar-refractivity contribution in [2.24, 2.45) is 0 Å². The van der Waals surface area contributed by atoms with E-state index in [2.05, 4.69) is 10.6 Å². The number of hydrogen-bond acceptors (Lipinski definition) is 5. The van der Waals surface area contributed by atoms with Crippen molar-refractivity contribution in [3.05, 3.63) is 60.3 Å². The molecule has 0 bridgehead atoms. The van der Waals surface area contributed by atoms with Crippen molar-refractivity contribution < 1.29 is 23.9 Å². The van der Waals surface area contributed by atoms with Gasteiger partial charge >= 0.3 is 6.03 Å². The summed E-state index contributed by atoms with van der Waals surface area (Å²) in [5.41, 5.74) is 2.33. The molecule has 0 spiro atoms. The molecule has 9 heteroatoms. The number of aromatic nitrogens is 1. The van der Waals surface area contributed by atoms with Crippen LogP contribution in [0.2, 0.25) is 0 Å². The lowest BCUT2D eigenvalue weighted by molar-refractivity contribution is -0.130. The van der Waals surface area contributed by atoms with Gasteiger partial charge in [0.2, 0.25) is 5.91 Å². The Hall–Kier alpha value is -3.85. The van der Waals surface area contributed by atoms with Gasteiger partial charge in [0.15, 0.2) is 0 Å². The summed E-state index contributed by atoms with van der Waals surface area (Å²) < 4.78 is 12.5. The highest BCUT2D eigenvalue weighted by molar-refractivity contribution is 6.08. The van der Waals surface area contributed by atoms with Crippen molar-refractivity contribution in [1.82, 2.24) is 14.8 Å². The Balaban J connectivity index is 1.42. The molecule has 3 aromatic rings. The smallest absolute Gasteiger partial charge is 0.325 e. The molecule has 0 radical (unpaired) electrons. The molecule has 1 aliphatic heterocycles. The number of carbonyl (C=O) groups is 3. The van der Waals surface area contributed by atoms with Gasteiger partial charge in [-0.3, -0.25) is 14.5 Å². The molecule has 33 heavy (non-hydrogen) atoms. The van der Waals surface area contributed by atoms with E-state index in [0.717, 1.165) is 15.8 Å². The summed E-state index contributed by atoms with van der Waals surface area (Å²) in [5, 5.41) is 6.37. The lowest BCUT2D eigenvalue weighted by Crippen LogP contribution is -2.34. The van der Waals surface area contributed by atoms with Crippen LogP contribution in [-0.2, 0) is 27.4 Å². The van der Waals surface area contributed by atoms with Crippen LogP contribution >= 0.6 is 0 Å². The van der Waals surface area contributed by atoms with Gasteiger partial charge in [-0.25, -0.2) is 4.79 Å². The largest absolute Gasteiger partial charge is 0.496 e. The number of urea groups is 1. The molecule has 4 amide bonds. The lowest BCUT2D eigenvalue weighted by atomic mass is 10.1. The number of fused-ring (bicyclic) bond motifs is 1. The Labute approximate surface area is 191 Å². The van der Waals surface area contributed by atoms with Crippen molar-refractivity contribution in [3.8, 4) is 5.75 Å². The van der Waals surface area contributed by atoms with E-state index >= 15 is 0 Å². The van der Waals surface area contributed by atoms with Crippen LogP contribution < -0.4 is 15.4 Å². The van der Waals surface area contributed by atoms with Crippen LogP contribution in [0.4, 0.5) is 10.5 Å². The van der Waals surface area contributed by atoms with Gasteiger partial charge in [0.1, 0.15) is 11.8 Å². The molecule has 9 nitrogen and oxygen atoms in total. The van der Waals surface area contributed by atoms with Crippen LogP contribution in [0.1, 0.15) is 12.0 Å². The lowest BCUT2D eigenvalue weighted by Gasteiger charge is -2.15. The Morgan fingerprint density at radius 2 is 1.91 bits per heavy atom. The van der Waals surface area contributed by atoms with Gasteiger partial charge < -0.3 is 24.7 Å². The van der Waals surface area contributed by atoms with Crippen molar-refractivity contribution in [3.63, 3.8) is 0 Å². The highest BCUT2D eigenvalue weighted by Crippen LogP contribution is 2.26. The molecule has 2 N–H and O–H groups in total. The van der Waals surface area contributed by atoms with Gasteiger partial charge in [0.25, 0.3) is 5.91 Å². The molecule has 2 heterocycles. The number of para-hydroxylation sites is 1. The van der Waals surface area contributed by atoms with Gasteiger partial charge in [-0.15, -0.1) is 0 Å². The Morgan fingerprint density at radius 3 is 2.70 bits per heavy atom. The average molecular weight is 450 g/mol. The molecule has 1 unspecified atom stereocenters. The van der Waals surface area contributed by atoms with E-state index in [0.29, 0.717) is 30.2 Å². The predicted octanol–water partition coefficient (Wildman–Crippen LogP) is 2.75. The number of nitrogens with one attached hydrogen (secondary N) is 2. The summed E-state index contributed by atoms with van der Waals surface area (Å²) in [6.45, 7) is 1.35. The highest BCUT2D eigenvalue weighted by atomic mass is 16.5. The van der Waals surface area contributed by atoms with Crippen molar-refractivity contribution in [1.29, 1.82) is 0 Å². The quantitative estimate of drug-likeness (QED) is 0.488. The van der Waals surface area contributed by atoms with Gasteiger partial charge in [0.05, 0.1) is 37.9 Å². The Morgan fingerprint density at radius 1 is 1.09 bits per heavy atom.